The monoisotopic (exact) mass is 252 g/mol. The highest BCUT2D eigenvalue weighted by Gasteiger charge is 2.27. The molecule has 0 spiro atoms. The van der Waals surface area contributed by atoms with Gasteiger partial charge in [0.15, 0.2) is 5.78 Å². The van der Waals surface area contributed by atoms with Gasteiger partial charge in [-0.05, 0) is 48.2 Å². The summed E-state index contributed by atoms with van der Waals surface area (Å²) in [5, 5.41) is 0. The quantitative estimate of drug-likeness (QED) is 0.783. The summed E-state index contributed by atoms with van der Waals surface area (Å²) in [5.41, 5.74) is 3.40. The molecule has 0 atom stereocenters. The Morgan fingerprint density at radius 1 is 1.00 bits per heavy atom. The summed E-state index contributed by atoms with van der Waals surface area (Å²) in [7, 11) is 1.63. The second kappa shape index (κ2) is 4.88. The van der Waals surface area contributed by atoms with Crippen molar-refractivity contribution in [1.82, 2.24) is 0 Å². The van der Waals surface area contributed by atoms with Crippen LogP contribution in [0.15, 0.2) is 48.5 Å². The maximum absolute atomic E-state index is 12.5. The Hall–Kier alpha value is -2.09. The first-order valence-corrected chi connectivity index (χ1v) is 6.53. The molecule has 0 bridgehead atoms. The highest BCUT2D eigenvalue weighted by Crippen LogP contribution is 2.29. The highest BCUT2D eigenvalue weighted by molar-refractivity contribution is 5.98. The van der Waals surface area contributed by atoms with E-state index in [1.807, 2.05) is 36.4 Å². The average Bonchev–Trinajstić information content (AvgIpc) is 2.90. The lowest BCUT2D eigenvalue weighted by Crippen LogP contribution is -2.14. The molecule has 0 radical (unpaired) electrons. The predicted octanol–water partition coefficient (Wildman–Crippen LogP) is 3.29. The summed E-state index contributed by atoms with van der Waals surface area (Å²) >= 11 is 0. The van der Waals surface area contributed by atoms with Gasteiger partial charge in [0.05, 0.1) is 7.11 Å². The molecule has 0 amide bonds. The summed E-state index contributed by atoms with van der Waals surface area (Å²) in [6.07, 6.45) is 1.72. The topological polar surface area (TPSA) is 26.3 Å². The number of benzene rings is 2. The van der Waals surface area contributed by atoms with E-state index >= 15 is 0 Å². The standard InChI is InChI=1S/C17H16O2/c1-19-16-8-6-12(7-9-16)17(18)15-10-13-4-2-3-5-14(13)11-15/h2-9,15H,10-11H2,1H3. The van der Waals surface area contributed by atoms with Crippen LogP contribution in [0.25, 0.3) is 0 Å². The van der Waals surface area contributed by atoms with E-state index in [4.69, 9.17) is 4.74 Å². The lowest BCUT2D eigenvalue weighted by molar-refractivity contribution is 0.0924. The number of carbonyl (C=O) groups excluding carboxylic acids is 1. The second-order valence-electron chi connectivity index (χ2n) is 4.97. The van der Waals surface area contributed by atoms with Crippen LogP contribution in [-0.2, 0) is 12.8 Å². The zero-order chi connectivity index (χ0) is 13.2. The predicted molar refractivity (Wildman–Crippen MR) is 74.7 cm³/mol. The fourth-order valence-corrected chi connectivity index (χ4v) is 2.74. The summed E-state index contributed by atoms with van der Waals surface area (Å²) in [5.74, 6) is 1.11. The number of hydrogen-bond acceptors (Lipinski definition) is 2. The number of hydrogen-bond donors (Lipinski definition) is 0. The Morgan fingerprint density at radius 2 is 1.58 bits per heavy atom. The van der Waals surface area contributed by atoms with Crippen LogP contribution in [0.1, 0.15) is 21.5 Å². The summed E-state index contributed by atoms with van der Waals surface area (Å²) < 4.78 is 5.11. The molecule has 2 aromatic rings. The first-order chi connectivity index (χ1) is 9.28. The van der Waals surface area contributed by atoms with E-state index in [9.17, 15) is 4.79 Å². The van der Waals surface area contributed by atoms with Gasteiger partial charge in [-0.15, -0.1) is 0 Å². The molecule has 1 aliphatic carbocycles. The first kappa shape index (κ1) is 12.0. The van der Waals surface area contributed by atoms with Gasteiger partial charge in [0, 0.05) is 11.5 Å². The maximum atomic E-state index is 12.5. The smallest absolute Gasteiger partial charge is 0.166 e. The number of fused-ring (bicyclic) bond motifs is 1. The molecule has 0 unspecified atom stereocenters. The minimum atomic E-state index is 0.0887. The molecule has 96 valence electrons. The van der Waals surface area contributed by atoms with Gasteiger partial charge in [0.25, 0.3) is 0 Å². The molecule has 0 saturated carbocycles. The van der Waals surface area contributed by atoms with E-state index in [-0.39, 0.29) is 11.7 Å². The molecule has 0 saturated heterocycles. The molecule has 3 rings (SSSR count). The number of ketones is 1. The number of carbonyl (C=O) groups is 1. The third kappa shape index (κ3) is 2.26. The molecule has 0 aliphatic heterocycles. The van der Waals surface area contributed by atoms with E-state index < -0.39 is 0 Å². The van der Waals surface area contributed by atoms with Crippen molar-refractivity contribution < 1.29 is 9.53 Å². The van der Waals surface area contributed by atoms with Gasteiger partial charge >= 0.3 is 0 Å². The normalized spacial score (nSPS) is 14.2. The van der Waals surface area contributed by atoms with E-state index in [0.717, 1.165) is 24.2 Å². The minimum Gasteiger partial charge on any atom is -0.497 e. The molecule has 2 aromatic carbocycles. The van der Waals surface area contributed by atoms with Gasteiger partial charge in [-0.2, -0.15) is 0 Å². The zero-order valence-corrected chi connectivity index (χ0v) is 10.9. The van der Waals surface area contributed by atoms with Gasteiger partial charge in [0.1, 0.15) is 5.75 Å². The number of methoxy groups -OCH3 is 1. The van der Waals surface area contributed by atoms with Crippen LogP contribution in [0, 0.1) is 5.92 Å². The van der Waals surface area contributed by atoms with Crippen molar-refractivity contribution in [2.75, 3.05) is 7.11 Å². The van der Waals surface area contributed by atoms with Crippen LogP contribution in [0.2, 0.25) is 0 Å². The van der Waals surface area contributed by atoms with Gasteiger partial charge in [0.2, 0.25) is 0 Å². The van der Waals surface area contributed by atoms with Crippen molar-refractivity contribution >= 4 is 5.78 Å². The molecule has 0 aromatic heterocycles. The summed E-state index contributed by atoms with van der Waals surface area (Å²) in [6, 6.07) is 15.7. The average molecular weight is 252 g/mol. The van der Waals surface area contributed by atoms with Crippen LogP contribution >= 0.6 is 0 Å². The van der Waals surface area contributed by atoms with E-state index in [2.05, 4.69) is 12.1 Å². The van der Waals surface area contributed by atoms with Crippen molar-refractivity contribution in [3.8, 4) is 5.75 Å². The van der Waals surface area contributed by atoms with Crippen molar-refractivity contribution in [1.29, 1.82) is 0 Å². The number of rotatable bonds is 3. The molecular weight excluding hydrogens is 236 g/mol. The SMILES string of the molecule is COc1ccc(C(=O)C2Cc3ccccc3C2)cc1. The summed E-state index contributed by atoms with van der Waals surface area (Å²) in [6.45, 7) is 0. The van der Waals surface area contributed by atoms with Gasteiger partial charge < -0.3 is 4.74 Å². The van der Waals surface area contributed by atoms with Crippen molar-refractivity contribution in [3.05, 3.63) is 65.2 Å². The van der Waals surface area contributed by atoms with Crippen LogP contribution in [0.3, 0.4) is 0 Å². The van der Waals surface area contributed by atoms with Gasteiger partial charge in [-0.3, -0.25) is 4.79 Å². The van der Waals surface area contributed by atoms with Crippen LogP contribution < -0.4 is 4.74 Å². The Bertz CT molecular complexity index is 574. The molecule has 2 nitrogen and oxygen atoms in total. The molecular formula is C17H16O2. The van der Waals surface area contributed by atoms with Crippen molar-refractivity contribution in [3.63, 3.8) is 0 Å². The Balaban J connectivity index is 1.79. The molecule has 19 heavy (non-hydrogen) atoms. The highest BCUT2D eigenvalue weighted by atomic mass is 16.5. The van der Waals surface area contributed by atoms with Gasteiger partial charge in [-0.25, -0.2) is 0 Å². The molecule has 0 fully saturated rings. The fourth-order valence-electron chi connectivity index (χ4n) is 2.74. The van der Waals surface area contributed by atoms with E-state index in [1.54, 1.807) is 7.11 Å². The van der Waals surface area contributed by atoms with Crippen LogP contribution in [0.4, 0.5) is 0 Å². The molecule has 0 heterocycles. The lowest BCUT2D eigenvalue weighted by Gasteiger charge is -2.08. The Morgan fingerprint density at radius 3 is 2.11 bits per heavy atom. The van der Waals surface area contributed by atoms with Gasteiger partial charge in [-0.1, -0.05) is 24.3 Å². The first-order valence-electron chi connectivity index (χ1n) is 6.53. The van der Waals surface area contributed by atoms with Crippen LogP contribution in [0.5, 0.6) is 5.75 Å². The number of ether oxygens (including phenoxy) is 1. The molecule has 0 N–H and O–H groups in total. The minimum absolute atomic E-state index is 0.0887. The molecule has 1 aliphatic rings. The van der Waals surface area contributed by atoms with Crippen LogP contribution in [-0.4, -0.2) is 12.9 Å². The largest absolute Gasteiger partial charge is 0.497 e. The lowest BCUT2D eigenvalue weighted by atomic mass is 9.95. The second-order valence-corrected chi connectivity index (χ2v) is 4.97. The third-order valence-electron chi connectivity index (χ3n) is 3.80. The Labute approximate surface area is 113 Å². The third-order valence-corrected chi connectivity index (χ3v) is 3.80. The Kier molecular flexibility index (Phi) is 3.08. The summed E-state index contributed by atoms with van der Waals surface area (Å²) in [4.78, 5) is 12.5. The number of Topliss-reactive ketones (excluding diaryl/α,β-unsaturated/α-hetero) is 1. The van der Waals surface area contributed by atoms with Crippen molar-refractivity contribution in [2.24, 2.45) is 5.92 Å². The van der Waals surface area contributed by atoms with Crippen molar-refractivity contribution in [2.45, 2.75) is 12.8 Å². The fraction of sp³-hybridized carbons (Fsp3) is 0.235. The molecule has 2 heteroatoms. The zero-order valence-electron chi connectivity index (χ0n) is 10.9. The maximum Gasteiger partial charge on any atom is 0.166 e. The van der Waals surface area contributed by atoms with E-state index in [1.165, 1.54) is 11.1 Å². The van der Waals surface area contributed by atoms with E-state index in [0.29, 0.717) is 0 Å².